The maximum atomic E-state index is 11.9. The molecule has 0 aliphatic rings. The number of H-pyrrole nitrogens is 1. The van der Waals surface area contributed by atoms with Crippen molar-refractivity contribution in [1.29, 1.82) is 0 Å². The van der Waals surface area contributed by atoms with E-state index in [9.17, 15) is 4.79 Å². The van der Waals surface area contributed by atoms with Crippen LogP contribution >= 0.6 is 0 Å². The first-order chi connectivity index (χ1) is 9.77. The summed E-state index contributed by atoms with van der Waals surface area (Å²) in [4.78, 5) is 15.1. The Hall–Kier alpha value is -1.81. The zero-order valence-electron chi connectivity index (χ0n) is 11.9. The second-order valence-electron chi connectivity index (χ2n) is 5.17. The molecule has 1 aromatic heterocycles. The number of rotatable bonds is 7. The van der Waals surface area contributed by atoms with Crippen LogP contribution in [0.25, 0.3) is 10.9 Å². The Balaban J connectivity index is 2.19. The molecule has 2 aromatic rings. The lowest BCUT2D eigenvalue weighted by atomic mass is 9.92. The Kier molecular flexibility index (Phi) is 5.18. The van der Waals surface area contributed by atoms with Crippen LogP contribution in [0.3, 0.4) is 0 Å². The fourth-order valence-corrected chi connectivity index (χ4v) is 2.66. The predicted octanol–water partition coefficient (Wildman–Crippen LogP) is 3.73. The number of amides is 1. The Morgan fingerprint density at radius 3 is 2.85 bits per heavy atom. The maximum absolute atomic E-state index is 11.9. The fraction of sp³-hybridized carbons (Fsp3) is 0.438. The topological polar surface area (TPSA) is 65.1 Å². The Labute approximate surface area is 119 Å². The van der Waals surface area contributed by atoms with Crippen molar-refractivity contribution < 1.29 is 10.0 Å². The molecule has 1 aromatic carbocycles. The van der Waals surface area contributed by atoms with Gasteiger partial charge in [-0.3, -0.25) is 10.0 Å². The number of aromatic amines is 1. The van der Waals surface area contributed by atoms with Crippen molar-refractivity contribution in [3.05, 3.63) is 36.0 Å². The van der Waals surface area contributed by atoms with Crippen molar-refractivity contribution in [3.8, 4) is 0 Å². The van der Waals surface area contributed by atoms with Crippen molar-refractivity contribution >= 4 is 16.8 Å². The van der Waals surface area contributed by atoms with Gasteiger partial charge in [-0.25, -0.2) is 5.48 Å². The predicted molar refractivity (Wildman–Crippen MR) is 79.7 cm³/mol. The van der Waals surface area contributed by atoms with E-state index in [0.29, 0.717) is 0 Å². The number of hydrogen-bond acceptors (Lipinski definition) is 2. The maximum Gasteiger partial charge on any atom is 0.250 e. The zero-order chi connectivity index (χ0) is 14.4. The van der Waals surface area contributed by atoms with Gasteiger partial charge in [-0.15, -0.1) is 0 Å². The summed E-state index contributed by atoms with van der Waals surface area (Å²) in [5, 5.41) is 10.0. The second-order valence-corrected chi connectivity index (χ2v) is 5.17. The molecule has 0 fully saturated rings. The quantitative estimate of drug-likeness (QED) is 0.409. The highest BCUT2D eigenvalue weighted by atomic mass is 16.5. The van der Waals surface area contributed by atoms with E-state index in [1.165, 1.54) is 12.8 Å². The largest absolute Gasteiger partial charge is 0.361 e. The summed E-state index contributed by atoms with van der Waals surface area (Å²) in [6, 6.07) is 7.92. The standard InChI is InChI=1S/C16H22N2O2/c1-2-3-4-5-9-13(16(19)18-20)14-11-17-15-10-7-6-8-12(14)15/h6-8,10-11,13,17,20H,2-5,9H2,1H3,(H,18,19). The van der Waals surface area contributed by atoms with Crippen molar-refractivity contribution in [2.75, 3.05) is 0 Å². The van der Waals surface area contributed by atoms with E-state index in [1.807, 2.05) is 30.5 Å². The third-order valence-electron chi connectivity index (χ3n) is 3.77. The molecule has 0 aliphatic carbocycles. The van der Waals surface area contributed by atoms with E-state index in [2.05, 4.69) is 11.9 Å². The highest BCUT2D eigenvalue weighted by Crippen LogP contribution is 2.29. The van der Waals surface area contributed by atoms with Gasteiger partial charge in [0.25, 0.3) is 5.91 Å². The van der Waals surface area contributed by atoms with E-state index < -0.39 is 0 Å². The van der Waals surface area contributed by atoms with Crippen molar-refractivity contribution in [2.45, 2.75) is 44.9 Å². The van der Waals surface area contributed by atoms with Crippen LogP contribution in [0.4, 0.5) is 0 Å². The molecule has 0 spiro atoms. The summed E-state index contributed by atoms with van der Waals surface area (Å²) in [6.45, 7) is 2.16. The molecule has 1 atom stereocenters. The van der Waals surface area contributed by atoms with Crippen molar-refractivity contribution in [2.24, 2.45) is 0 Å². The molecule has 20 heavy (non-hydrogen) atoms. The minimum absolute atomic E-state index is 0.298. The number of fused-ring (bicyclic) bond motifs is 1. The summed E-state index contributed by atoms with van der Waals surface area (Å²) in [5.74, 6) is -0.626. The van der Waals surface area contributed by atoms with Crippen LogP contribution in [0.2, 0.25) is 0 Å². The molecule has 0 aliphatic heterocycles. The highest BCUT2D eigenvalue weighted by Gasteiger charge is 2.22. The van der Waals surface area contributed by atoms with Crippen LogP contribution in [0.1, 0.15) is 50.5 Å². The lowest BCUT2D eigenvalue weighted by molar-refractivity contribution is -0.130. The summed E-state index contributed by atoms with van der Waals surface area (Å²) in [7, 11) is 0. The van der Waals surface area contributed by atoms with Gasteiger partial charge in [0, 0.05) is 17.1 Å². The van der Waals surface area contributed by atoms with Crippen LogP contribution in [-0.2, 0) is 4.79 Å². The van der Waals surface area contributed by atoms with E-state index in [0.717, 1.165) is 35.7 Å². The molecular weight excluding hydrogens is 252 g/mol. The molecule has 3 N–H and O–H groups in total. The Bertz CT molecular complexity index is 562. The van der Waals surface area contributed by atoms with Crippen molar-refractivity contribution in [1.82, 2.24) is 10.5 Å². The molecule has 1 unspecified atom stereocenters. The van der Waals surface area contributed by atoms with E-state index >= 15 is 0 Å². The number of hydrogen-bond donors (Lipinski definition) is 3. The molecule has 0 bridgehead atoms. The molecule has 0 radical (unpaired) electrons. The summed E-state index contributed by atoms with van der Waals surface area (Å²) in [6.07, 6.45) is 7.10. The molecule has 4 heteroatoms. The van der Waals surface area contributed by atoms with Gasteiger partial charge >= 0.3 is 0 Å². The minimum atomic E-state index is -0.328. The van der Waals surface area contributed by atoms with Gasteiger partial charge in [-0.2, -0.15) is 0 Å². The summed E-state index contributed by atoms with van der Waals surface area (Å²) in [5.41, 5.74) is 3.79. The number of para-hydroxylation sites is 1. The monoisotopic (exact) mass is 274 g/mol. The molecular formula is C16H22N2O2. The highest BCUT2D eigenvalue weighted by molar-refractivity contribution is 5.91. The van der Waals surface area contributed by atoms with Crippen LogP contribution in [0.15, 0.2) is 30.5 Å². The molecule has 1 heterocycles. The van der Waals surface area contributed by atoms with Gasteiger partial charge in [0.1, 0.15) is 0 Å². The number of nitrogens with one attached hydrogen (secondary N) is 2. The van der Waals surface area contributed by atoms with Gasteiger partial charge in [-0.1, -0.05) is 50.8 Å². The number of carbonyl (C=O) groups is 1. The van der Waals surface area contributed by atoms with Crippen LogP contribution < -0.4 is 5.48 Å². The first-order valence-corrected chi connectivity index (χ1v) is 7.28. The average Bonchev–Trinajstić information content (AvgIpc) is 2.90. The van der Waals surface area contributed by atoms with Crippen LogP contribution in [0.5, 0.6) is 0 Å². The average molecular weight is 274 g/mol. The van der Waals surface area contributed by atoms with Gasteiger partial charge in [-0.05, 0) is 18.1 Å². The smallest absolute Gasteiger partial charge is 0.250 e. The summed E-state index contributed by atoms with van der Waals surface area (Å²) < 4.78 is 0. The third-order valence-corrected chi connectivity index (χ3v) is 3.77. The minimum Gasteiger partial charge on any atom is -0.361 e. The van der Waals surface area contributed by atoms with Gasteiger partial charge in [0.2, 0.25) is 0 Å². The van der Waals surface area contributed by atoms with E-state index in [4.69, 9.17) is 5.21 Å². The SMILES string of the molecule is CCCCCCC(C(=O)NO)c1c[nH]c2ccccc12. The number of hydroxylamine groups is 1. The number of unbranched alkanes of at least 4 members (excludes halogenated alkanes) is 3. The fourth-order valence-electron chi connectivity index (χ4n) is 2.66. The lowest BCUT2D eigenvalue weighted by Crippen LogP contribution is -2.26. The zero-order valence-corrected chi connectivity index (χ0v) is 11.9. The van der Waals surface area contributed by atoms with Gasteiger partial charge in [0.15, 0.2) is 0 Å². The van der Waals surface area contributed by atoms with Crippen molar-refractivity contribution in [3.63, 3.8) is 0 Å². The molecule has 0 saturated heterocycles. The van der Waals surface area contributed by atoms with Gasteiger partial charge < -0.3 is 4.98 Å². The Morgan fingerprint density at radius 2 is 2.10 bits per heavy atom. The molecule has 0 saturated carbocycles. The normalized spacial score (nSPS) is 12.5. The Morgan fingerprint density at radius 1 is 1.30 bits per heavy atom. The summed E-state index contributed by atoms with van der Waals surface area (Å²) >= 11 is 0. The third kappa shape index (κ3) is 3.20. The lowest BCUT2D eigenvalue weighted by Gasteiger charge is -2.14. The second kappa shape index (κ2) is 7.10. The first kappa shape index (κ1) is 14.6. The van der Waals surface area contributed by atoms with Crippen LogP contribution in [-0.4, -0.2) is 16.1 Å². The van der Waals surface area contributed by atoms with E-state index in [-0.39, 0.29) is 11.8 Å². The van der Waals surface area contributed by atoms with Crippen LogP contribution in [0, 0.1) is 0 Å². The number of aromatic nitrogens is 1. The number of benzene rings is 1. The number of carbonyl (C=O) groups excluding carboxylic acids is 1. The van der Waals surface area contributed by atoms with E-state index in [1.54, 1.807) is 5.48 Å². The first-order valence-electron chi connectivity index (χ1n) is 7.28. The molecule has 4 nitrogen and oxygen atoms in total. The van der Waals surface area contributed by atoms with Gasteiger partial charge in [0.05, 0.1) is 5.92 Å². The molecule has 2 rings (SSSR count). The molecule has 108 valence electrons. The molecule has 1 amide bonds.